The molecule has 2 unspecified atom stereocenters. The van der Waals surface area contributed by atoms with Gasteiger partial charge in [-0.05, 0) is 38.5 Å². The summed E-state index contributed by atoms with van der Waals surface area (Å²) in [6.45, 7) is 7.42. The van der Waals surface area contributed by atoms with Crippen LogP contribution in [0, 0.1) is 11.3 Å². The van der Waals surface area contributed by atoms with Gasteiger partial charge in [-0.2, -0.15) is 0 Å². The second kappa shape index (κ2) is 6.78. The molecule has 19 heavy (non-hydrogen) atoms. The van der Waals surface area contributed by atoms with Crippen LogP contribution in [0.2, 0.25) is 0 Å². The number of carbonyl (C=O) groups is 1. The molecule has 0 aromatic heterocycles. The number of likely N-dealkylation sites (tertiary alicyclic amines) is 1. The van der Waals surface area contributed by atoms with Gasteiger partial charge in [-0.3, -0.25) is 4.79 Å². The summed E-state index contributed by atoms with van der Waals surface area (Å²) in [5.74, 6) is 0.716. The molecule has 1 aliphatic rings. The molecule has 0 radical (unpaired) electrons. The summed E-state index contributed by atoms with van der Waals surface area (Å²) in [5.41, 5.74) is 4.83. The minimum Gasteiger partial charge on any atom is -0.409 e. The van der Waals surface area contributed by atoms with E-state index in [2.05, 4.69) is 12.1 Å². The third-order valence-corrected chi connectivity index (χ3v) is 4.56. The molecule has 0 aromatic carbocycles. The summed E-state index contributed by atoms with van der Waals surface area (Å²) >= 11 is 0. The van der Waals surface area contributed by atoms with Crippen molar-refractivity contribution >= 4 is 11.7 Å². The number of hydrogen-bond acceptors (Lipinski definition) is 3. The van der Waals surface area contributed by atoms with Crippen molar-refractivity contribution in [2.75, 3.05) is 13.1 Å². The minimum absolute atomic E-state index is 0.0105. The lowest BCUT2D eigenvalue weighted by molar-refractivity contribution is -0.137. The lowest BCUT2D eigenvalue weighted by atomic mass is 9.84. The van der Waals surface area contributed by atoms with Crippen molar-refractivity contribution in [3.63, 3.8) is 0 Å². The molecule has 1 heterocycles. The summed E-state index contributed by atoms with van der Waals surface area (Å²) in [7, 11) is 0. The van der Waals surface area contributed by atoms with E-state index in [1.807, 2.05) is 11.8 Å². The fourth-order valence-electron chi connectivity index (χ4n) is 2.68. The van der Waals surface area contributed by atoms with Crippen LogP contribution in [0.5, 0.6) is 0 Å². The quantitative estimate of drug-likeness (QED) is 0.355. The highest BCUT2D eigenvalue weighted by Crippen LogP contribution is 2.28. The van der Waals surface area contributed by atoms with Gasteiger partial charge in [0.05, 0.1) is 0 Å². The van der Waals surface area contributed by atoms with Crippen molar-refractivity contribution in [2.24, 2.45) is 22.2 Å². The summed E-state index contributed by atoms with van der Waals surface area (Å²) in [5, 5.41) is 11.9. The Kier molecular flexibility index (Phi) is 5.63. The summed E-state index contributed by atoms with van der Waals surface area (Å²) in [6.07, 6.45) is 4.99. The molecule has 0 bridgehead atoms. The molecule has 5 heteroatoms. The molecule has 0 aromatic rings. The molecule has 0 saturated carbocycles. The summed E-state index contributed by atoms with van der Waals surface area (Å²) < 4.78 is 0. The van der Waals surface area contributed by atoms with E-state index in [0.717, 1.165) is 31.8 Å². The first-order chi connectivity index (χ1) is 8.99. The van der Waals surface area contributed by atoms with Crippen LogP contribution in [-0.4, -0.2) is 34.9 Å². The molecular formula is C14H27N3O2. The molecule has 5 nitrogen and oxygen atoms in total. The molecule has 1 aliphatic heterocycles. The van der Waals surface area contributed by atoms with Crippen molar-refractivity contribution in [3.05, 3.63) is 0 Å². The second-order valence-electron chi connectivity index (χ2n) is 5.67. The predicted octanol–water partition coefficient (Wildman–Crippen LogP) is 2.19. The summed E-state index contributed by atoms with van der Waals surface area (Å²) in [4.78, 5) is 14.5. The number of amidine groups is 1. The smallest absolute Gasteiger partial charge is 0.236 e. The zero-order valence-electron chi connectivity index (χ0n) is 12.4. The van der Waals surface area contributed by atoms with Gasteiger partial charge in [0.25, 0.3) is 0 Å². The number of carbonyl (C=O) groups excluding carboxylic acids is 1. The van der Waals surface area contributed by atoms with E-state index in [-0.39, 0.29) is 11.7 Å². The molecule has 110 valence electrons. The maximum atomic E-state index is 12.7. The van der Waals surface area contributed by atoms with Gasteiger partial charge >= 0.3 is 0 Å². The van der Waals surface area contributed by atoms with Crippen molar-refractivity contribution in [2.45, 2.75) is 52.9 Å². The van der Waals surface area contributed by atoms with Gasteiger partial charge in [-0.25, -0.2) is 0 Å². The van der Waals surface area contributed by atoms with Crippen LogP contribution in [0.1, 0.15) is 52.9 Å². The number of amides is 1. The summed E-state index contributed by atoms with van der Waals surface area (Å²) in [6, 6.07) is 0. The normalized spacial score (nSPS) is 24.7. The SMILES string of the molecule is CCC1CCCN(C(=O)C(C)(CC)C(N)=NO)CC1. The van der Waals surface area contributed by atoms with Crippen molar-refractivity contribution in [1.82, 2.24) is 4.90 Å². The van der Waals surface area contributed by atoms with E-state index in [1.54, 1.807) is 6.92 Å². The van der Waals surface area contributed by atoms with Crippen LogP contribution in [0.3, 0.4) is 0 Å². The third-order valence-electron chi connectivity index (χ3n) is 4.56. The Labute approximate surface area is 115 Å². The van der Waals surface area contributed by atoms with Crippen LogP contribution in [0.25, 0.3) is 0 Å². The molecule has 3 N–H and O–H groups in total. The highest BCUT2D eigenvalue weighted by molar-refractivity contribution is 6.06. The van der Waals surface area contributed by atoms with Gasteiger partial charge in [-0.1, -0.05) is 25.4 Å². The van der Waals surface area contributed by atoms with E-state index in [1.165, 1.54) is 12.8 Å². The minimum atomic E-state index is -0.888. The molecule has 1 fully saturated rings. The first kappa shape index (κ1) is 15.8. The number of rotatable bonds is 4. The monoisotopic (exact) mass is 269 g/mol. The number of oxime groups is 1. The third kappa shape index (κ3) is 3.39. The topological polar surface area (TPSA) is 78.9 Å². The van der Waals surface area contributed by atoms with Crippen LogP contribution >= 0.6 is 0 Å². The Balaban J connectivity index is 2.81. The molecular weight excluding hydrogens is 242 g/mol. The molecule has 0 aliphatic carbocycles. The van der Waals surface area contributed by atoms with E-state index in [0.29, 0.717) is 6.42 Å². The van der Waals surface area contributed by atoms with E-state index >= 15 is 0 Å². The van der Waals surface area contributed by atoms with E-state index in [9.17, 15) is 4.79 Å². The van der Waals surface area contributed by atoms with Crippen LogP contribution in [0.4, 0.5) is 0 Å². The second-order valence-corrected chi connectivity index (χ2v) is 5.67. The van der Waals surface area contributed by atoms with Crippen LogP contribution in [0.15, 0.2) is 5.16 Å². The Bertz CT molecular complexity index is 344. The van der Waals surface area contributed by atoms with Gasteiger partial charge in [0, 0.05) is 13.1 Å². The fraction of sp³-hybridized carbons (Fsp3) is 0.857. The Morgan fingerprint density at radius 1 is 1.42 bits per heavy atom. The largest absolute Gasteiger partial charge is 0.409 e. The number of nitrogens with zero attached hydrogens (tertiary/aromatic N) is 2. The van der Waals surface area contributed by atoms with Gasteiger partial charge < -0.3 is 15.8 Å². The van der Waals surface area contributed by atoms with Crippen molar-refractivity contribution in [1.29, 1.82) is 0 Å². The molecule has 0 spiro atoms. The van der Waals surface area contributed by atoms with Crippen molar-refractivity contribution in [3.8, 4) is 0 Å². The Hall–Kier alpha value is -1.26. The lowest BCUT2D eigenvalue weighted by Crippen LogP contribution is -2.49. The van der Waals surface area contributed by atoms with Crippen molar-refractivity contribution < 1.29 is 10.0 Å². The predicted molar refractivity (Wildman–Crippen MR) is 76.0 cm³/mol. The molecule has 1 rings (SSSR count). The molecule has 1 amide bonds. The molecule has 1 saturated heterocycles. The highest BCUT2D eigenvalue weighted by atomic mass is 16.4. The highest BCUT2D eigenvalue weighted by Gasteiger charge is 2.39. The van der Waals surface area contributed by atoms with Gasteiger partial charge in [0.1, 0.15) is 5.41 Å². The maximum Gasteiger partial charge on any atom is 0.236 e. The first-order valence-corrected chi connectivity index (χ1v) is 7.26. The van der Waals surface area contributed by atoms with Gasteiger partial charge in [0.2, 0.25) is 5.91 Å². The van der Waals surface area contributed by atoms with E-state index in [4.69, 9.17) is 10.9 Å². The standard InChI is InChI=1S/C14H27N3O2/c1-4-11-7-6-9-17(10-8-11)13(18)14(3,5-2)12(15)16-19/h11,19H,4-10H2,1-3H3,(H2,15,16). The number of nitrogens with two attached hydrogens (primary N) is 1. The Morgan fingerprint density at radius 2 is 2.11 bits per heavy atom. The van der Waals surface area contributed by atoms with Gasteiger partial charge in [-0.15, -0.1) is 0 Å². The number of hydrogen-bond donors (Lipinski definition) is 2. The fourth-order valence-corrected chi connectivity index (χ4v) is 2.68. The lowest BCUT2D eigenvalue weighted by Gasteiger charge is -2.32. The molecule has 2 atom stereocenters. The maximum absolute atomic E-state index is 12.7. The first-order valence-electron chi connectivity index (χ1n) is 7.26. The van der Waals surface area contributed by atoms with E-state index < -0.39 is 5.41 Å². The Morgan fingerprint density at radius 3 is 2.63 bits per heavy atom. The zero-order valence-corrected chi connectivity index (χ0v) is 12.4. The van der Waals surface area contributed by atoms with Gasteiger partial charge in [0.15, 0.2) is 5.84 Å². The van der Waals surface area contributed by atoms with Crippen LogP contribution < -0.4 is 5.73 Å². The zero-order chi connectivity index (χ0) is 14.5. The average Bonchev–Trinajstić information content (AvgIpc) is 2.69. The average molecular weight is 269 g/mol. The van der Waals surface area contributed by atoms with Crippen LogP contribution in [-0.2, 0) is 4.79 Å².